The smallest absolute Gasteiger partial charge is 0.288 e. The first-order valence-corrected chi connectivity index (χ1v) is 8.08. The lowest BCUT2D eigenvalue weighted by Gasteiger charge is -2.13. The van der Waals surface area contributed by atoms with Gasteiger partial charge in [0.05, 0.1) is 18.3 Å². The maximum absolute atomic E-state index is 13.0. The van der Waals surface area contributed by atoms with Gasteiger partial charge >= 0.3 is 0 Å². The van der Waals surface area contributed by atoms with Gasteiger partial charge in [-0.05, 0) is 24.3 Å². The van der Waals surface area contributed by atoms with Crippen molar-refractivity contribution in [2.45, 2.75) is 0 Å². The molecule has 0 radical (unpaired) electrons. The number of imidazole rings is 1. The average Bonchev–Trinajstić information content (AvgIpc) is 3.17. The van der Waals surface area contributed by atoms with Crippen molar-refractivity contribution < 1.29 is 18.8 Å². The average molecular weight is 348 g/mol. The van der Waals surface area contributed by atoms with Crippen LogP contribution in [0.1, 0.15) is 10.5 Å². The number of rotatable bonds is 5. The van der Waals surface area contributed by atoms with Crippen LogP contribution in [-0.2, 0) is 4.79 Å². The molecule has 1 aliphatic rings. The van der Waals surface area contributed by atoms with Crippen molar-refractivity contribution >= 4 is 28.8 Å². The van der Waals surface area contributed by atoms with Crippen molar-refractivity contribution in [3.8, 4) is 5.69 Å². The lowest BCUT2D eigenvalue weighted by Crippen LogP contribution is -2.37. The third kappa shape index (κ3) is 3.30. The van der Waals surface area contributed by atoms with Crippen molar-refractivity contribution in [3.63, 3.8) is 0 Å². The van der Waals surface area contributed by atoms with Crippen LogP contribution < -0.4 is 5.32 Å². The van der Waals surface area contributed by atoms with Gasteiger partial charge in [-0.1, -0.05) is 11.8 Å². The van der Waals surface area contributed by atoms with Gasteiger partial charge in [-0.2, -0.15) is 0 Å². The molecular formula is C15H13FN4O3S. The van der Waals surface area contributed by atoms with Crippen LogP contribution in [0.25, 0.3) is 5.69 Å². The van der Waals surface area contributed by atoms with E-state index in [0.717, 1.165) is 16.7 Å². The topological polar surface area (TPSA) is 84.3 Å². The summed E-state index contributed by atoms with van der Waals surface area (Å²) in [7, 11) is 0. The normalized spacial score (nSPS) is 14.3. The predicted molar refractivity (Wildman–Crippen MR) is 85.4 cm³/mol. The molecule has 124 valence electrons. The quantitative estimate of drug-likeness (QED) is 0.884. The number of aromatic nitrogens is 2. The molecule has 1 N–H and O–H groups in total. The van der Waals surface area contributed by atoms with Crippen LogP contribution in [0.4, 0.5) is 9.18 Å². The Morgan fingerprint density at radius 1 is 1.29 bits per heavy atom. The molecule has 1 fully saturated rings. The van der Waals surface area contributed by atoms with Crippen molar-refractivity contribution in [2.24, 2.45) is 0 Å². The number of hydrogen-bond donors (Lipinski definition) is 1. The van der Waals surface area contributed by atoms with Gasteiger partial charge in [0.2, 0.25) is 5.91 Å². The highest BCUT2D eigenvalue weighted by molar-refractivity contribution is 8.14. The number of hydrogen-bond acceptors (Lipinski definition) is 5. The summed E-state index contributed by atoms with van der Waals surface area (Å²) >= 11 is 0.951. The van der Waals surface area contributed by atoms with Gasteiger partial charge in [-0.3, -0.25) is 23.9 Å². The summed E-state index contributed by atoms with van der Waals surface area (Å²) in [5.41, 5.74) is 0.871. The van der Waals surface area contributed by atoms with E-state index in [1.165, 1.54) is 41.4 Å². The van der Waals surface area contributed by atoms with E-state index in [-0.39, 0.29) is 41.5 Å². The number of thioether (sulfide) groups is 1. The van der Waals surface area contributed by atoms with Gasteiger partial charge in [0.15, 0.2) is 0 Å². The van der Waals surface area contributed by atoms with Crippen LogP contribution in [0.2, 0.25) is 0 Å². The lowest BCUT2D eigenvalue weighted by atomic mass is 10.3. The Hall–Kier alpha value is -2.68. The highest BCUT2D eigenvalue weighted by Crippen LogP contribution is 2.17. The van der Waals surface area contributed by atoms with E-state index in [1.54, 1.807) is 0 Å². The third-order valence-electron chi connectivity index (χ3n) is 3.44. The standard InChI is InChI=1S/C15H13FN4O3S/c16-10-1-3-11(4-2-10)20-9-17-7-12(20)14(22)18-5-6-19-13(21)8-24-15(19)23/h1-4,7,9H,5-6,8H2,(H,18,22). The molecule has 2 heterocycles. The molecule has 1 aliphatic heterocycles. The van der Waals surface area contributed by atoms with Crippen LogP contribution in [0.3, 0.4) is 0 Å². The van der Waals surface area contributed by atoms with Crippen LogP contribution in [0.15, 0.2) is 36.8 Å². The van der Waals surface area contributed by atoms with Gasteiger partial charge in [0.1, 0.15) is 11.5 Å². The summed E-state index contributed by atoms with van der Waals surface area (Å²) < 4.78 is 14.5. The van der Waals surface area contributed by atoms with E-state index in [0.29, 0.717) is 5.69 Å². The number of carbonyl (C=O) groups is 3. The Balaban J connectivity index is 1.64. The minimum atomic E-state index is -0.399. The zero-order chi connectivity index (χ0) is 17.1. The molecule has 0 aliphatic carbocycles. The van der Waals surface area contributed by atoms with Crippen molar-refractivity contribution in [1.82, 2.24) is 19.8 Å². The molecule has 1 saturated heterocycles. The van der Waals surface area contributed by atoms with Gasteiger partial charge in [0, 0.05) is 18.8 Å². The van der Waals surface area contributed by atoms with E-state index in [2.05, 4.69) is 10.3 Å². The largest absolute Gasteiger partial charge is 0.349 e. The molecule has 3 amide bonds. The predicted octanol–water partition coefficient (Wildman–Crippen LogP) is 1.44. The molecule has 0 atom stereocenters. The number of amides is 3. The molecule has 0 unspecified atom stereocenters. The Morgan fingerprint density at radius 3 is 2.71 bits per heavy atom. The zero-order valence-electron chi connectivity index (χ0n) is 12.4. The van der Waals surface area contributed by atoms with E-state index >= 15 is 0 Å². The van der Waals surface area contributed by atoms with Gasteiger partial charge in [-0.25, -0.2) is 9.37 Å². The summed E-state index contributed by atoms with van der Waals surface area (Å²) in [6, 6.07) is 5.65. The molecule has 1 aromatic heterocycles. The highest BCUT2D eigenvalue weighted by atomic mass is 32.2. The van der Waals surface area contributed by atoms with Gasteiger partial charge in [0.25, 0.3) is 11.1 Å². The molecule has 7 nitrogen and oxygen atoms in total. The molecule has 1 aromatic carbocycles. The van der Waals surface area contributed by atoms with Gasteiger partial charge in [-0.15, -0.1) is 0 Å². The molecule has 0 bridgehead atoms. The van der Waals surface area contributed by atoms with E-state index in [9.17, 15) is 18.8 Å². The van der Waals surface area contributed by atoms with Crippen molar-refractivity contribution in [2.75, 3.05) is 18.8 Å². The first-order valence-electron chi connectivity index (χ1n) is 7.10. The molecule has 9 heteroatoms. The fraction of sp³-hybridized carbons (Fsp3) is 0.200. The van der Waals surface area contributed by atoms with Crippen molar-refractivity contribution in [1.29, 1.82) is 0 Å². The summed E-state index contributed by atoms with van der Waals surface area (Å²) in [5, 5.41) is 2.35. The van der Waals surface area contributed by atoms with Gasteiger partial charge < -0.3 is 5.32 Å². The Bertz CT molecular complexity index is 774. The first-order chi connectivity index (χ1) is 11.6. The molecule has 0 saturated carbocycles. The fourth-order valence-corrected chi connectivity index (χ4v) is 2.99. The fourth-order valence-electron chi connectivity index (χ4n) is 2.24. The van der Waals surface area contributed by atoms with E-state index in [4.69, 9.17) is 0 Å². The minimum Gasteiger partial charge on any atom is -0.349 e. The highest BCUT2D eigenvalue weighted by Gasteiger charge is 2.29. The summed E-state index contributed by atoms with van der Waals surface area (Å²) in [6.07, 6.45) is 2.84. The second kappa shape index (κ2) is 6.83. The number of carbonyl (C=O) groups excluding carboxylic acids is 3. The zero-order valence-corrected chi connectivity index (χ0v) is 13.3. The number of nitrogens with zero attached hydrogens (tertiary/aromatic N) is 3. The summed E-state index contributed by atoms with van der Waals surface area (Å²) in [6.45, 7) is 0.270. The van der Waals surface area contributed by atoms with Crippen LogP contribution in [0, 0.1) is 5.82 Å². The van der Waals surface area contributed by atoms with E-state index < -0.39 is 5.91 Å². The number of imide groups is 1. The third-order valence-corrected chi connectivity index (χ3v) is 4.30. The summed E-state index contributed by atoms with van der Waals surface area (Å²) in [4.78, 5) is 40.3. The Morgan fingerprint density at radius 2 is 2.04 bits per heavy atom. The molecular weight excluding hydrogens is 335 g/mol. The van der Waals surface area contributed by atoms with Crippen LogP contribution >= 0.6 is 11.8 Å². The van der Waals surface area contributed by atoms with Crippen molar-refractivity contribution in [3.05, 3.63) is 48.3 Å². The minimum absolute atomic E-state index is 0.126. The number of benzene rings is 1. The Kier molecular flexibility index (Phi) is 4.61. The first kappa shape index (κ1) is 16.2. The van der Waals surface area contributed by atoms with Crippen LogP contribution in [0.5, 0.6) is 0 Å². The maximum atomic E-state index is 13.0. The second-order valence-electron chi connectivity index (χ2n) is 4.98. The monoisotopic (exact) mass is 348 g/mol. The van der Waals surface area contributed by atoms with Crippen LogP contribution in [-0.4, -0.2) is 50.3 Å². The van der Waals surface area contributed by atoms with E-state index in [1.807, 2.05) is 0 Å². The maximum Gasteiger partial charge on any atom is 0.288 e. The molecule has 3 rings (SSSR count). The number of nitrogens with one attached hydrogen (secondary N) is 1. The molecule has 24 heavy (non-hydrogen) atoms. The summed E-state index contributed by atoms with van der Waals surface area (Å²) in [5.74, 6) is -0.883. The Labute approximate surface area is 140 Å². The molecule has 2 aromatic rings. The SMILES string of the molecule is O=C(NCCN1C(=O)CSC1=O)c1cncn1-c1ccc(F)cc1. The lowest BCUT2D eigenvalue weighted by molar-refractivity contribution is -0.124. The second-order valence-corrected chi connectivity index (χ2v) is 5.91. The molecule has 0 spiro atoms. The number of halogens is 1.